The molecule has 0 amide bonds. The second-order valence-electron chi connectivity index (χ2n) is 4.21. The van der Waals surface area contributed by atoms with E-state index >= 15 is 0 Å². The Hall–Kier alpha value is -0.940. The fourth-order valence-electron chi connectivity index (χ4n) is 2.22. The highest BCUT2D eigenvalue weighted by Gasteiger charge is 2.22. The Balaban J connectivity index is 2.02. The zero-order chi connectivity index (χ0) is 12.0. The molecule has 0 bridgehead atoms. The minimum atomic E-state index is 0.0660. The van der Waals surface area contributed by atoms with Crippen LogP contribution in [0.2, 0.25) is 0 Å². The monoisotopic (exact) mass is 310 g/mol. The molecule has 0 aromatic carbocycles. The Bertz CT molecular complexity index is 559. The molecule has 0 aliphatic heterocycles. The number of fused-ring (bicyclic) bond motifs is 1. The molecule has 0 saturated heterocycles. The molecular weight excluding hydrogens is 300 g/mol. The van der Waals surface area contributed by atoms with E-state index in [1.807, 2.05) is 0 Å². The molecule has 2 aromatic heterocycles. The Morgan fingerprint density at radius 1 is 1.53 bits per heavy atom. The number of hydrogen-bond acceptors (Lipinski definition) is 3. The smallest absolute Gasteiger partial charge is 0.222 e. The zero-order valence-electron chi connectivity index (χ0n) is 9.36. The number of ketones is 1. The summed E-state index contributed by atoms with van der Waals surface area (Å²) >= 11 is 5.01. The number of carbonyl (C=O) groups is 1. The van der Waals surface area contributed by atoms with E-state index in [-0.39, 0.29) is 5.78 Å². The average Bonchev–Trinajstić information content (AvgIpc) is 2.92. The van der Waals surface area contributed by atoms with E-state index in [2.05, 4.69) is 27.1 Å². The maximum Gasteiger partial charge on any atom is 0.222 e. The van der Waals surface area contributed by atoms with Crippen LogP contribution in [-0.2, 0) is 19.9 Å². The lowest BCUT2D eigenvalue weighted by atomic mass is 10.2. The lowest BCUT2D eigenvalue weighted by molar-refractivity contribution is 0.103. The summed E-state index contributed by atoms with van der Waals surface area (Å²) in [6.07, 6.45) is 5.13. The summed E-state index contributed by atoms with van der Waals surface area (Å²) in [4.78, 5) is 14.6. The molecule has 0 fully saturated rings. The van der Waals surface area contributed by atoms with Crippen molar-refractivity contribution < 1.29 is 4.79 Å². The number of aryl methyl sites for hydroxylation is 3. The van der Waals surface area contributed by atoms with Crippen LogP contribution in [0, 0.1) is 0 Å². The molecule has 3 nitrogen and oxygen atoms in total. The quantitative estimate of drug-likeness (QED) is 0.799. The van der Waals surface area contributed by atoms with Gasteiger partial charge in [0.15, 0.2) is 0 Å². The Labute approximate surface area is 112 Å². The van der Waals surface area contributed by atoms with Crippen LogP contribution >= 0.6 is 27.3 Å². The van der Waals surface area contributed by atoms with Crippen molar-refractivity contribution in [3.8, 4) is 0 Å². The third-order valence-electron chi connectivity index (χ3n) is 3.08. The molecule has 2 heterocycles. The van der Waals surface area contributed by atoms with Gasteiger partial charge in [-0.1, -0.05) is 0 Å². The van der Waals surface area contributed by atoms with Crippen LogP contribution in [0.3, 0.4) is 0 Å². The Morgan fingerprint density at radius 3 is 3.00 bits per heavy atom. The molecule has 88 valence electrons. The summed E-state index contributed by atoms with van der Waals surface area (Å²) < 4.78 is 2.38. The number of halogens is 1. The Morgan fingerprint density at radius 2 is 2.35 bits per heavy atom. The van der Waals surface area contributed by atoms with Crippen molar-refractivity contribution in [2.75, 3.05) is 0 Å². The van der Waals surface area contributed by atoms with Crippen LogP contribution in [-0.4, -0.2) is 15.6 Å². The number of rotatable bonds is 2. The van der Waals surface area contributed by atoms with Gasteiger partial charge < -0.3 is 0 Å². The molecule has 1 aliphatic rings. The number of thiophene rings is 1. The topological polar surface area (TPSA) is 34.9 Å². The third kappa shape index (κ3) is 1.77. The first kappa shape index (κ1) is 11.2. The predicted octanol–water partition coefficient (Wildman–Crippen LogP) is 2.96. The molecule has 0 N–H and O–H groups in total. The van der Waals surface area contributed by atoms with Gasteiger partial charge >= 0.3 is 0 Å². The first-order valence-corrected chi connectivity index (χ1v) is 7.11. The first-order chi connectivity index (χ1) is 8.16. The molecule has 0 saturated carbocycles. The van der Waals surface area contributed by atoms with Crippen LogP contribution in [0.5, 0.6) is 0 Å². The average molecular weight is 311 g/mol. The van der Waals surface area contributed by atoms with Crippen molar-refractivity contribution in [3.63, 3.8) is 0 Å². The molecule has 17 heavy (non-hydrogen) atoms. The predicted molar refractivity (Wildman–Crippen MR) is 70.7 cm³/mol. The highest BCUT2D eigenvalue weighted by Crippen LogP contribution is 2.32. The minimum absolute atomic E-state index is 0.0660. The van der Waals surface area contributed by atoms with Gasteiger partial charge in [0, 0.05) is 11.9 Å². The van der Waals surface area contributed by atoms with Crippen LogP contribution in [0.1, 0.15) is 32.2 Å². The van der Waals surface area contributed by atoms with Gasteiger partial charge in [0.2, 0.25) is 5.78 Å². The fourth-order valence-corrected chi connectivity index (χ4v) is 3.95. The van der Waals surface area contributed by atoms with E-state index in [9.17, 15) is 4.79 Å². The second-order valence-corrected chi connectivity index (χ2v) is 6.20. The summed E-state index contributed by atoms with van der Waals surface area (Å²) in [7, 11) is 1.79. The first-order valence-electron chi connectivity index (χ1n) is 5.50. The third-order valence-corrected chi connectivity index (χ3v) is 4.90. The van der Waals surface area contributed by atoms with E-state index in [0.717, 1.165) is 22.2 Å². The maximum absolute atomic E-state index is 12.4. The van der Waals surface area contributed by atoms with Crippen molar-refractivity contribution in [2.24, 2.45) is 7.05 Å². The second kappa shape index (κ2) is 4.07. The van der Waals surface area contributed by atoms with Gasteiger partial charge in [0.05, 0.1) is 15.5 Å². The van der Waals surface area contributed by atoms with Gasteiger partial charge in [0.25, 0.3) is 0 Å². The van der Waals surface area contributed by atoms with Gasteiger partial charge in [-0.05, 0) is 46.8 Å². The Kier molecular flexibility index (Phi) is 2.67. The number of carbonyl (C=O) groups excluding carboxylic acids is 1. The summed E-state index contributed by atoms with van der Waals surface area (Å²) in [6.45, 7) is 0. The van der Waals surface area contributed by atoms with Gasteiger partial charge in [0.1, 0.15) is 5.69 Å². The van der Waals surface area contributed by atoms with E-state index in [4.69, 9.17) is 0 Å². The van der Waals surface area contributed by atoms with E-state index < -0.39 is 0 Å². The normalized spacial score (nSPS) is 14.0. The molecular formula is C12H11BrN2OS. The lowest BCUT2D eigenvalue weighted by Gasteiger charge is -1.99. The van der Waals surface area contributed by atoms with Crippen LogP contribution in [0.25, 0.3) is 0 Å². The lowest BCUT2D eigenvalue weighted by Crippen LogP contribution is -2.07. The number of hydrogen-bond donors (Lipinski definition) is 0. The number of nitrogens with zero attached hydrogens (tertiary/aromatic N) is 2. The molecule has 0 radical (unpaired) electrons. The fraction of sp³-hybridized carbons (Fsp3) is 0.333. The van der Waals surface area contributed by atoms with Crippen LogP contribution in [0.4, 0.5) is 0 Å². The van der Waals surface area contributed by atoms with Crippen LogP contribution in [0.15, 0.2) is 16.7 Å². The summed E-state index contributed by atoms with van der Waals surface area (Å²) in [5, 5.41) is 4.08. The number of aromatic nitrogens is 2. The molecule has 0 unspecified atom stereocenters. The molecule has 3 rings (SSSR count). The molecule has 2 aromatic rings. The van der Waals surface area contributed by atoms with Gasteiger partial charge in [-0.25, -0.2) is 0 Å². The van der Waals surface area contributed by atoms with Crippen molar-refractivity contribution in [1.82, 2.24) is 9.78 Å². The van der Waals surface area contributed by atoms with Crippen molar-refractivity contribution in [3.05, 3.63) is 37.7 Å². The SMILES string of the molecule is Cn1ncc(Br)c1C(=O)c1cc2c(s1)CCC2. The maximum atomic E-state index is 12.4. The standard InChI is InChI=1S/C12H11BrN2OS/c1-15-11(8(13)6-14-15)12(16)10-5-7-3-2-4-9(7)17-10/h5-6H,2-4H2,1H3. The zero-order valence-corrected chi connectivity index (χ0v) is 11.8. The van der Waals surface area contributed by atoms with Crippen molar-refractivity contribution >= 4 is 33.0 Å². The highest BCUT2D eigenvalue weighted by atomic mass is 79.9. The van der Waals surface area contributed by atoms with Gasteiger partial charge in [-0.3, -0.25) is 9.48 Å². The van der Waals surface area contributed by atoms with E-state index in [0.29, 0.717) is 5.69 Å². The molecule has 0 atom stereocenters. The highest BCUT2D eigenvalue weighted by molar-refractivity contribution is 9.10. The van der Waals surface area contributed by atoms with Crippen LogP contribution < -0.4 is 0 Å². The van der Waals surface area contributed by atoms with E-state index in [1.165, 1.54) is 16.9 Å². The summed E-state index contributed by atoms with van der Waals surface area (Å²) in [6, 6.07) is 2.05. The van der Waals surface area contributed by atoms with E-state index in [1.54, 1.807) is 29.3 Å². The van der Waals surface area contributed by atoms with Crippen molar-refractivity contribution in [2.45, 2.75) is 19.3 Å². The van der Waals surface area contributed by atoms with Crippen molar-refractivity contribution in [1.29, 1.82) is 0 Å². The minimum Gasteiger partial charge on any atom is -0.286 e. The molecule has 0 spiro atoms. The molecule has 5 heteroatoms. The summed E-state index contributed by atoms with van der Waals surface area (Å²) in [5.41, 5.74) is 1.99. The van der Waals surface area contributed by atoms with Gasteiger partial charge in [-0.2, -0.15) is 5.10 Å². The molecule has 1 aliphatic carbocycles. The summed E-state index contributed by atoms with van der Waals surface area (Å²) in [5.74, 6) is 0.0660. The van der Waals surface area contributed by atoms with Gasteiger partial charge in [-0.15, -0.1) is 11.3 Å². The largest absolute Gasteiger partial charge is 0.286 e.